The zero-order valence-corrected chi connectivity index (χ0v) is 9.67. The lowest BCUT2D eigenvalue weighted by Crippen LogP contribution is -1.93. The number of para-hydroxylation sites is 1. The summed E-state index contributed by atoms with van der Waals surface area (Å²) in [6, 6.07) is 13.9. The highest BCUT2D eigenvalue weighted by atomic mass is 15.0. The van der Waals surface area contributed by atoms with Gasteiger partial charge in [0.1, 0.15) is 5.82 Å². The standard InChI is InChI=1S/C14H12N4/c1-2-4-12(5-3-1)18-14-8-11(6-7-16-14)13-9-15-10-17-13/h1-10H,(H,15,17)(H,16,18). The molecule has 2 N–H and O–H groups in total. The number of nitrogens with one attached hydrogen (secondary N) is 2. The van der Waals surface area contributed by atoms with Crippen LogP contribution in [0, 0.1) is 0 Å². The highest BCUT2D eigenvalue weighted by Gasteiger charge is 2.01. The average Bonchev–Trinajstić information content (AvgIpc) is 2.94. The summed E-state index contributed by atoms with van der Waals surface area (Å²) < 4.78 is 0. The summed E-state index contributed by atoms with van der Waals surface area (Å²) in [5.74, 6) is 0.813. The van der Waals surface area contributed by atoms with Crippen molar-refractivity contribution in [2.45, 2.75) is 0 Å². The van der Waals surface area contributed by atoms with Gasteiger partial charge in [-0.2, -0.15) is 0 Å². The number of anilines is 2. The van der Waals surface area contributed by atoms with E-state index in [1.807, 2.05) is 42.5 Å². The molecule has 0 fully saturated rings. The van der Waals surface area contributed by atoms with Gasteiger partial charge in [-0.3, -0.25) is 0 Å². The van der Waals surface area contributed by atoms with Gasteiger partial charge in [0.2, 0.25) is 0 Å². The maximum atomic E-state index is 4.30. The van der Waals surface area contributed by atoms with E-state index in [0.29, 0.717) is 0 Å². The molecule has 0 bridgehead atoms. The first-order chi connectivity index (χ1) is 8.92. The number of benzene rings is 1. The molecule has 0 unspecified atom stereocenters. The smallest absolute Gasteiger partial charge is 0.130 e. The van der Waals surface area contributed by atoms with Crippen molar-refractivity contribution >= 4 is 11.5 Å². The van der Waals surface area contributed by atoms with Gasteiger partial charge in [0.25, 0.3) is 0 Å². The Balaban J connectivity index is 1.88. The lowest BCUT2D eigenvalue weighted by Gasteiger charge is -2.06. The summed E-state index contributed by atoms with van der Waals surface area (Å²) in [5, 5.41) is 3.26. The Morgan fingerprint density at radius 2 is 1.94 bits per heavy atom. The van der Waals surface area contributed by atoms with E-state index in [4.69, 9.17) is 0 Å². The fourth-order valence-corrected chi connectivity index (χ4v) is 1.75. The second kappa shape index (κ2) is 4.71. The Bertz CT molecular complexity index is 617. The molecule has 0 saturated carbocycles. The van der Waals surface area contributed by atoms with Gasteiger partial charge < -0.3 is 10.3 Å². The Kier molecular flexibility index (Phi) is 2.75. The van der Waals surface area contributed by atoms with Gasteiger partial charge in [0.15, 0.2) is 0 Å². The number of imidazole rings is 1. The van der Waals surface area contributed by atoms with Crippen molar-refractivity contribution in [2.75, 3.05) is 5.32 Å². The summed E-state index contributed by atoms with van der Waals surface area (Å²) in [5.41, 5.74) is 3.06. The molecule has 4 heteroatoms. The molecule has 18 heavy (non-hydrogen) atoms. The molecule has 0 atom stereocenters. The minimum absolute atomic E-state index is 0.813. The predicted octanol–water partition coefficient (Wildman–Crippen LogP) is 3.22. The summed E-state index contributed by atoms with van der Waals surface area (Å²) >= 11 is 0. The quantitative estimate of drug-likeness (QED) is 0.734. The molecule has 3 aromatic rings. The third-order valence-corrected chi connectivity index (χ3v) is 2.62. The van der Waals surface area contributed by atoms with Crippen LogP contribution in [0.1, 0.15) is 0 Å². The first-order valence-corrected chi connectivity index (χ1v) is 5.69. The fraction of sp³-hybridized carbons (Fsp3) is 0. The number of aromatic nitrogens is 3. The monoisotopic (exact) mass is 236 g/mol. The first kappa shape index (κ1) is 10.5. The van der Waals surface area contributed by atoms with E-state index in [-0.39, 0.29) is 0 Å². The minimum Gasteiger partial charge on any atom is -0.345 e. The molecule has 0 amide bonds. The molecular weight excluding hydrogens is 224 g/mol. The SMILES string of the molecule is c1ccc(Nc2cc(-c3cnc[nH]3)ccn2)cc1. The van der Waals surface area contributed by atoms with E-state index in [9.17, 15) is 0 Å². The largest absolute Gasteiger partial charge is 0.345 e. The van der Waals surface area contributed by atoms with Crippen LogP contribution < -0.4 is 5.32 Å². The molecule has 0 aliphatic carbocycles. The van der Waals surface area contributed by atoms with Crippen LogP contribution in [0.25, 0.3) is 11.3 Å². The Morgan fingerprint density at radius 1 is 1.06 bits per heavy atom. The molecule has 88 valence electrons. The molecule has 0 radical (unpaired) electrons. The van der Waals surface area contributed by atoms with Crippen molar-refractivity contribution in [3.05, 3.63) is 61.2 Å². The third-order valence-electron chi connectivity index (χ3n) is 2.62. The normalized spacial score (nSPS) is 10.2. The second-order valence-electron chi connectivity index (χ2n) is 3.89. The minimum atomic E-state index is 0.813. The Hall–Kier alpha value is -2.62. The van der Waals surface area contributed by atoms with Crippen LogP contribution >= 0.6 is 0 Å². The van der Waals surface area contributed by atoms with Gasteiger partial charge in [-0.05, 0) is 24.3 Å². The van der Waals surface area contributed by atoms with E-state index < -0.39 is 0 Å². The summed E-state index contributed by atoms with van der Waals surface area (Å²) in [6.07, 6.45) is 5.24. The number of H-pyrrole nitrogens is 1. The van der Waals surface area contributed by atoms with Crippen LogP contribution in [0.3, 0.4) is 0 Å². The maximum Gasteiger partial charge on any atom is 0.130 e. The van der Waals surface area contributed by atoms with Crippen LogP contribution in [0.4, 0.5) is 11.5 Å². The number of aromatic amines is 1. The third kappa shape index (κ3) is 2.22. The number of nitrogens with zero attached hydrogens (tertiary/aromatic N) is 2. The fourth-order valence-electron chi connectivity index (χ4n) is 1.75. The van der Waals surface area contributed by atoms with Gasteiger partial charge >= 0.3 is 0 Å². The Morgan fingerprint density at radius 3 is 2.72 bits per heavy atom. The van der Waals surface area contributed by atoms with E-state index in [1.165, 1.54) is 0 Å². The summed E-state index contributed by atoms with van der Waals surface area (Å²) in [7, 11) is 0. The van der Waals surface area contributed by atoms with Crippen molar-refractivity contribution in [1.82, 2.24) is 15.0 Å². The lowest BCUT2D eigenvalue weighted by molar-refractivity contribution is 1.29. The maximum absolute atomic E-state index is 4.30. The van der Waals surface area contributed by atoms with Crippen LogP contribution in [-0.2, 0) is 0 Å². The zero-order chi connectivity index (χ0) is 12.2. The molecule has 1 aromatic carbocycles. The van der Waals surface area contributed by atoms with Crippen molar-refractivity contribution in [3.63, 3.8) is 0 Å². The van der Waals surface area contributed by atoms with Crippen LogP contribution in [0.2, 0.25) is 0 Å². The van der Waals surface area contributed by atoms with Gasteiger partial charge in [-0.25, -0.2) is 9.97 Å². The lowest BCUT2D eigenvalue weighted by atomic mass is 10.2. The van der Waals surface area contributed by atoms with E-state index >= 15 is 0 Å². The highest BCUT2D eigenvalue weighted by molar-refractivity contribution is 5.65. The molecular formula is C14H12N4. The summed E-state index contributed by atoms with van der Waals surface area (Å²) in [4.78, 5) is 11.4. The van der Waals surface area contributed by atoms with E-state index in [0.717, 1.165) is 22.8 Å². The van der Waals surface area contributed by atoms with Crippen LogP contribution in [0.15, 0.2) is 61.2 Å². The zero-order valence-electron chi connectivity index (χ0n) is 9.67. The molecule has 2 heterocycles. The number of hydrogen-bond donors (Lipinski definition) is 2. The van der Waals surface area contributed by atoms with Crippen LogP contribution in [-0.4, -0.2) is 15.0 Å². The number of pyridine rings is 1. The average molecular weight is 236 g/mol. The van der Waals surface area contributed by atoms with Crippen molar-refractivity contribution < 1.29 is 0 Å². The van der Waals surface area contributed by atoms with Gasteiger partial charge in [0, 0.05) is 17.4 Å². The van der Waals surface area contributed by atoms with Gasteiger partial charge in [-0.1, -0.05) is 18.2 Å². The molecule has 0 spiro atoms. The number of hydrogen-bond acceptors (Lipinski definition) is 3. The first-order valence-electron chi connectivity index (χ1n) is 5.69. The highest BCUT2D eigenvalue weighted by Crippen LogP contribution is 2.20. The van der Waals surface area contributed by atoms with E-state index in [1.54, 1.807) is 18.7 Å². The van der Waals surface area contributed by atoms with Crippen LogP contribution in [0.5, 0.6) is 0 Å². The number of rotatable bonds is 3. The van der Waals surface area contributed by atoms with Crippen molar-refractivity contribution in [2.24, 2.45) is 0 Å². The molecule has 2 aromatic heterocycles. The second-order valence-corrected chi connectivity index (χ2v) is 3.89. The molecule has 0 aliphatic heterocycles. The topological polar surface area (TPSA) is 53.6 Å². The molecule has 0 aliphatic rings. The predicted molar refractivity (Wildman–Crippen MR) is 71.5 cm³/mol. The molecule has 4 nitrogen and oxygen atoms in total. The summed E-state index contributed by atoms with van der Waals surface area (Å²) in [6.45, 7) is 0. The Labute approximate surface area is 105 Å². The van der Waals surface area contributed by atoms with Crippen molar-refractivity contribution in [3.8, 4) is 11.3 Å². The van der Waals surface area contributed by atoms with Crippen molar-refractivity contribution in [1.29, 1.82) is 0 Å². The van der Waals surface area contributed by atoms with E-state index in [2.05, 4.69) is 20.3 Å². The van der Waals surface area contributed by atoms with Gasteiger partial charge in [-0.15, -0.1) is 0 Å². The molecule has 3 rings (SSSR count). The molecule has 0 saturated heterocycles. The van der Waals surface area contributed by atoms with Gasteiger partial charge in [0.05, 0.1) is 18.2 Å².